The second-order valence-electron chi connectivity index (χ2n) is 5.96. The summed E-state index contributed by atoms with van der Waals surface area (Å²) in [4.78, 5) is 10.2. The zero-order valence-corrected chi connectivity index (χ0v) is 16.6. The molecule has 0 amide bonds. The van der Waals surface area contributed by atoms with Gasteiger partial charge in [-0.3, -0.25) is 9.38 Å². The van der Waals surface area contributed by atoms with Crippen molar-refractivity contribution in [2.45, 2.75) is 6.54 Å². The SMILES string of the molecule is COc1cc(-c2nc3cnccn3c2NCc2cccs2)cc(OC)c1OC. The summed E-state index contributed by atoms with van der Waals surface area (Å²) in [6, 6.07) is 7.93. The summed E-state index contributed by atoms with van der Waals surface area (Å²) in [6.45, 7) is 0.700. The molecule has 0 aliphatic rings. The number of nitrogens with zero attached hydrogens (tertiary/aromatic N) is 3. The summed E-state index contributed by atoms with van der Waals surface area (Å²) in [5.41, 5.74) is 2.38. The molecule has 0 aliphatic carbocycles. The molecule has 0 aliphatic heterocycles. The Labute approximate surface area is 166 Å². The van der Waals surface area contributed by atoms with Crippen molar-refractivity contribution < 1.29 is 14.2 Å². The maximum Gasteiger partial charge on any atom is 0.203 e. The number of rotatable bonds is 7. The van der Waals surface area contributed by atoms with Gasteiger partial charge < -0.3 is 19.5 Å². The van der Waals surface area contributed by atoms with Crippen LogP contribution in [-0.2, 0) is 6.54 Å². The average Bonchev–Trinajstić information content (AvgIpc) is 3.38. The molecular weight excluding hydrogens is 376 g/mol. The number of anilines is 1. The largest absolute Gasteiger partial charge is 0.493 e. The van der Waals surface area contributed by atoms with Crippen LogP contribution in [0.15, 0.2) is 48.2 Å². The maximum absolute atomic E-state index is 5.50. The third-order valence-electron chi connectivity index (χ3n) is 4.38. The van der Waals surface area contributed by atoms with Crippen LogP contribution in [0, 0.1) is 0 Å². The van der Waals surface area contributed by atoms with Gasteiger partial charge in [0.05, 0.1) is 34.1 Å². The minimum absolute atomic E-state index is 0.548. The van der Waals surface area contributed by atoms with Gasteiger partial charge in [0.1, 0.15) is 11.5 Å². The fourth-order valence-corrected chi connectivity index (χ4v) is 3.72. The van der Waals surface area contributed by atoms with Crippen LogP contribution in [0.1, 0.15) is 4.88 Å². The average molecular weight is 396 g/mol. The fraction of sp³-hybridized carbons (Fsp3) is 0.200. The molecule has 1 N–H and O–H groups in total. The highest BCUT2D eigenvalue weighted by Crippen LogP contribution is 2.42. The lowest BCUT2D eigenvalue weighted by Crippen LogP contribution is -2.02. The fourth-order valence-electron chi connectivity index (χ4n) is 3.08. The molecule has 7 nitrogen and oxygen atoms in total. The predicted molar refractivity (Wildman–Crippen MR) is 110 cm³/mol. The number of thiophene rings is 1. The molecule has 4 rings (SSSR count). The molecule has 0 atom stereocenters. The van der Waals surface area contributed by atoms with E-state index in [0.29, 0.717) is 23.8 Å². The smallest absolute Gasteiger partial charge is 0.203 e. The van der Waals surface area contributed by atoms with Crippen LogP contribution in [0.25, 0.3) is 16.9 Å². The van der Waals surface area contributed by atoms with Gasteiger partial charge in [-0.1, -0.05) is 6.07 Å². The van der Waals surface area contributed by atoms with Crippen molar-refractivity contribution >= 4 is 22.8 Å². The zero-order valence-electron chi connectivity index (χ0n) is 15.8. The van der Waals surface area contributed by atoms with Crippen molar-refractivity contribution in [2.75, 3.05) is 26.6 Å². The maximum atomic E-state index is 5.50. The van der Waals surface area contributed by atoms with E-state index in [0.717, 1.165) is 22.7 Å². The van der Waals surface area contributed by atoms with Gasteiger partial charge in [0.15, 0.2) is 17.1 Å². The number of hydrogen-bond donors (Lipinski definition) is 1. The first-order valence-electron chi connectivity index (χ1n) is 8.64. The highest BCUT2D eigenvalue weighted by atomic mass is 32.1. The minimum Gasteiger partial charge on any atom is -0.493 e. The Morgan fingerprint density at radius 1 is 1.11 bits per heavy atom. The quantitative estimate of drug-likeness (QED) is 0.507. The number of methoxy groups -OCH3 is 3. The normalized spacial score (nSPS) is 10.8. The minimum atomic E-state index is 0.548. The molecule has 8 heteroatoms. The van der Waals surface area contributed by atoms with Gasteiger partial charge in [-0.2, -0.15) is 0 Å². The van der Waals surface area contributed by atoms with Crippen LogP contribution >= 0.6 is 11.3 Å². The first-order valence-corrected chi connectivity index (χ1v) is 9.51. The van der Waals surface area contributed by atoms with Crippen molar-refractivity contribution in [1.82, 2.24) is 14.4 Å². The van der Waals surface area contributed by atoms with E-state index < -0.39 is 0 Å². The van der Waals surface area contributed by atoms with Crippen molar-refractivity contribution in [3.05, 3.63) is 53.1 Å². The lowest BCUT2D eigenvalue weighted by Gasteiger charge is -2.14. The van der Waals surface area contributed by atoms with E-state index in [1.165, 1.54) is 4.88 Å². The monoisotopic (exact) mass is 396 g/mol. The molecule has 0 bridgehead atoms. The summed E-state index contributed by atoms with van der Waals surface area (Å²) in [6.07, 6.45) is 5.36. The topological polar surface area (TPSA) is 69.9 Å². The number of imidazole rings is 1. The van der Waals surface area contributed by atoms with E-state index in [-0.39, 0.29) is 0 Å². The Bertz CT molecular complexity index is 1070. The molecule has 1 aromatic carbocycles. The second-order valence-corrected chi connectivity index (χ2v) is 6.99. The molecular formula is C20H20N4O3S. The van der Waals surface area contributed by atoms with E-state index in [1.54, 1.807) is 45.1 Å². The van der Waals surface area contributed by atoms with Gasteiger partial charge in [-0.05, 0) is 23.6 Å². The molecule has 144 valence electrons. The highest BCUT2D eigenvalue weighted by Gasteiger charge is 2.19. The van der Waals surface area contributed by atoms with Crippen LogP contribution < -0.4 is 19.5 Å². The zero-order chi connectivity index (χ0) is 19.5. The Hall–Kier alpha value is -3.26. The highest BCUT2D eigenvalue weighted by molar-refractivity contribution is 7.09. The van der Waals surface area contributed by atoms with Crippen LogP contribution in [0.4, 0.5) is 5.82 Å². The summed E-state index contributed by atoms with van der Waals surface area (Å²) < 4.78 is 18.4. The van der Waals surface area contributed by atoms with E-state index in [4.69, 9.17) is 19.2 Å². The molecule has 4 aromatic rings. The first-order chi connectivity index (χ1) is 13.7. The molecule has 3 heterocycles. The number of fused-ring (bicyclic) bond motifs is 1. The first kappa shape index (κ1) is 18.1. The van der Waals surface area contributed by atoms with Crippen molar-refractivity contribution in [3.63, 3.8) is 0 Å². The van der Waals surface area contributed by atoms with Crippen LogP contribution in [0.2, 0.25) is 0 Å². The molecule has 0 unspecified atom stereocenters. The third-order valence-corrected chi connectivity index (χ3v) is 5.25. The molecule has 3 aromatic heterocycles. The summed E-state index contributed by atoms with van der Waals surface area (Å²) in [7, 11) is 4.79. The van der Waals surface area contributed by atoms with E-state index in [1.807, 2.05) is 28.8 Å². The van der Waals surface area contributed by atoms with E-state index >= 15 is 0 Å². The van der Waals surface area contributed by atoms with Gasteiger partial charge in [0, 0.05) is 22.8 Å². The summed E-state index contributed by atoms with van der Waals surface area (Å²) >= 11 is 1.71. The Morgan fingerprint density at radius 2 is 1.89 bits per heavy atom. The van der Waals surface area contributed by atoms with Gasteiger partial charge in [0.25, 0.3) is 0 Å². The van der Waals surface area contributed by atoms with Crippen molar-refractivity contribution in [1.29, 1.82) is 0 Å². The van der Waals surface area contributed by atoms with E-state index in [2.05, 4.69) is 21.7 Å². The molecule has 0 saturated carbocycles. The molecule has 0 saturated heterocycles. The standard InChI is InChI=1S/C20H20N4O3S/c1-25-15-9-13(10-16(26-2)19(15)27-3)18-20(22-11-14-5-4-8-28-14)24-7-6-21-12-17(24)23-18/h4-10,12,22H,11H2,1-3H3. The lowest BCUT2D eigenvalue weighted by atomic mass is 10.1. The summed E-state index contributed by atoms with van der Waals surface area (Å²) in [5.74, 6) is 2.58. The Morgan fingerprint density at radius 3 is 2.54 bits per heavy atom. The van der Waals surface area contributed by atoms with Gasteiger partial charge >= 0.3 is 0 Å². The number of hydrogen-bond acceptors (Lipinski definition) is 7. The molecule has 0 radical (unpaired) electrons. The number of nitrogens with one attached hydrogen (secondary N) is 1. The van der Waals surface area contributed by atoms with Crippen molar-refractivity contribution in [2.24, 2.45) is 0 Å². The van der Waals surface area contributed by atoms with Gasteiger partial charge in [-0.25, -0.2) is 4.98 Å². The third kappa shape index (κ3) is 3.22. The van der Waals surface area contributed by atoms with Gasteiger partial charge in [0.2, 0.25) is 5.75 Å². The lowest BCUT2D eigenvalue weighted by molar-refractivity contribution is 0.324. The summed E-state index contributed by atoms with van der Waals surface area (Å²) in [5, 5.41) is 5.58. The second kappa shape index (κ2) is 7.77. The van der Waals surface area contributed by atoms with Gasteiger partial charge in [-0.15, -0.1) is 11.3 Å². The van der Waals surface area contributed by atoms with Crippen LogP contribution in [0.5, 0.6) is 17.2 Å². The molecule has 0 spiro atoms. The number of benzene rings is 1. The Balaban J connectivity index is 1.85. The van der Waals surface area contributed by atoms with E-state index in [9.17, 15) is 0 Å². The predicted octanol–water partition coefficient (Wildman–Crippen LogP) is 4.10. The number of aromatic nitrogens is 3. The molecule has 0 fully saturated rings. The van der Waals surface area contributed by atoms with Crippen LogP contribution in [-0.4, -0.2) is 35.7 Å². The Kier molecular flexibility index (Phi) is 5.03. The molecule has 28 heavy (non-hydrogen) atoms. The van der Waals surface area contributed by atoms with Crippen molar-refractivity contribution in [3.8, 4) is 28.5 Å². The number of ether oxygens (including phenoxy) is 3. The van der Waals surface area contributed by atoms with Crippen LogP contribution in [0.3, 0.4) is 0 Å².